The number of pyridine rings is 1. The number of allylic oxidation sites excluding steroid dienone is 1. The minimum atomic E-state index is 0.533. The fourth-order valence-corrected chi connectivity index (χ4v) is 3.18. The van der Waals surface area contributed by atoms with Gasteiger partial charge in [-0.2, -0.15) is 0 Å². The molecule has 2 nitrogen and oxygen atoms in total. The monoisotopic (exact) mass is 322 g/mol. The van der Waals surface area contributed by atoms with Crippen LogP contribution in [-0.2, 0) is 6.42 Å². The molecule has 1 N–H and O–H groups in total. The van der Waals surface area contributed by atoms with Gasteiger partial charge in [-0.25, -0.2) is 0 Å². The van der Waals surface area contributed by atoms with Gasteiger partial charge in [-0.3, -0.25) is 4.98 Å². The molecule has 0 radical (unpaired) electrons. The van der Waals surface area contributed by atoms with Crippen LogP contribution in [-0.4, -0.2) is 17.6 Å². The predicted molar refractivity (Wildman–Crippen MR) is 84.3 cm³/mol. The SMILES string of the molecule is CCNC(CC1=CCCCC1)Cc1cncc(Br)c1. The van der Waals surface area contributed by atoms with Crippen molar-refractivity contribution < 1.29 is 0 Å². The fourth-order valence-electron chi connectivity index (χ4n) is 2.76. The van der Waals surface area contributed by atoms with Crippen LogP contribution >= 0.6 is 15.9 Å². The molecule has 1 aromatic rings. The van der Waals surface area contributed by atoms with Crippen molar-refractivity contribution in [2.24, 2.45) is 0 Å². The third-order valence-corrected chi connectivity index (χ3v) is 4.06. The van der Waals surface area contributed by atoms with Gasteiger partial charge in [0.25, 0.3) is 0 Å². The number of rotatable bonds is 6. The van der Waals surface area contributed by atoms with Gasteiger partial charge in [-0.05, 0) is 72.6 Å². The second kappa shape index (κ2) is 7.81. The molecule has 1 atom stereocenters. The zero-order valence-electron chi connectivity index (χ0n) is 11.7. The maximum atomic E-state index is 4.25. The summed E-state index contributed by atoms with van der Waals surface area (Å²) in [6, 6.07) is 2.71. The zero-order chi connectivity index (χ0) is 13.5. The number of likely N-dealkylation sites (N-methyl/N-ethyl adjacent to an activating group) is 1. The largest absolute Gasteiger partial charge is 0.314 e. The van der Waals surface area contributed by atoms with E-state index in [0.717, 1.165) is 17.4 Å². The van der Waals surface area contributed by atoms with Crippen LogP contribution in [0, 0.1) is 0 Å². The molecular weight excluding hydrogens is 300 g/mol. The molecule has 0 bridgehead atoms. The molecule has 0 aliphatic heterocycles. The molecule has 2 rings (SSSR count). The van der Waals surface area contributed by atoms with Crippen molar-refractivity contribution in [1.29, 1.82) is 0 Å². The van der Waals surface area contributed by atoms with E-state index in [2.05, 4.69) is 45.3 Å². The summed E-state index contributed by atoms with van der Waals surface area (Å²) in [5, 5.41) is 3.61. The molecule has 0 saturated heterocycles. The smallest absolute Gasteiger partial charge is 0.0410 e. The second-order valence-electron chi connectivity index (χ2n) is 5.28. The maximum Gasteiger partial charge on any atom is 0.0410 e. The summed E-state index contributed by atoms with van der Waals surface area (Å²) in [7, 11) is 0. The van der Waals surface area contributed by atoms with Crippen LogP contribution in [0.25, 0.3) is 0 Å². The minimum Gasteiger partial charge on any atom is -0.314 e. The molecular formula is C16H23BrN2. The fraction of sp³-hybridized carbons (Fsp3) is 0.562. The van der Waals surface area contributed by atoms with Crippen LogP contribution in [0.2, 0.25) is 0 Å². The third kappa shape index (κ3) is 5.07. The van der Waals surface area contributed by atoms with Crippen LogP contribution in [0.5, 0.6) is 0 Å². The Bertz CT molecular complexity index is 429. The van der Waals surface area contributed by atoms with Crippen molar-refractivity contribution in [3.8, 4) is 0 Å². The van der Waals surface area contributed by atoms with E-state index in [-0.39, 0.29) is 0 Å². The van der Waals surface area contributed by atoms with Crippen LogP contribution in [0.1, 0.15) is 44.6 Å². The summed E-state index contributed by atoms with van der Waals surface area (Å²) in [5.74, 6) is 0. The number of hydrogen-bond acceptors (Lipinski definition) is 2. The molecule has 104 valence electrons. The first-order valence-corrected chi connectivity index (χ1v) is 8.08. The van der Waals surface area contributed by atoms with E-state index >= 15 is 0 Å². The Morgan fingerprint density at radius 3 is 2.89 bits per heavy atom. The van der Waals surface area contributed by atoms with Gasteiger partial charge in [-0.15, -0.1) is 0 Å². The Morgan fingerprint density at radius 2 is 2.21 bits per heavy atom. The van der Waals surface area contributed by atoms with E-state index < -0.39 is 0 Å². The molecule has 19 heavy (non-hydrogen) atoms. The minimum absolute atomic E-state index is 0.533. The first kappa shape index (κ1) is 14.7. The Balaban J connectivity index is 1.97. The first-order chi connectivity index (χ1) is 9.28. The Hall–Kier alpha value is -0.670. The number of hydrogen-bond donors (Lipinski definition) is 1. The van der Waals surface area contributed by atoms with Crippen molar-refractivity contribution in [3.63, 3.8) is 0 Å². The molecule has 0 aromatic carbocycles. The van der Waals surface area contributed by atoms with Crippen molar-refractivity contribution in [2.45, 2.75) is 51.5 Å². The lowest BCUT2D eigenvalue weighted by atomic mass is 9.92. The van der Waals surface area contributed by atoms with Gasteiger partial charge >= 0.3 is 0 Å². The molecule has 0 fully saturated rings. The van der Waals surface area contributed by atoms with E-state index in [4.69, 9.17) is 0 Å². The van der Waals surface area contributed by atoms with Crippen molar-refractivity contribution in [1.82, 2.24) is 10.3 Å². The molecule has 1 aromatic heterocycles. The number of halogens is 1. The van der Waals surface area contributed by atoms with Crippen molar-refractivity contribution >= 4 is 15.9 Å². The van der Waals surface area contributed by atoms with Crippen LogP contribution in [0.3, 0.4) is 0 Å². The van der Waals surface area contributed by atoms with Gasteiger partial charge in [0, 0.05) is 22.9 Å². The van der Waals surface area contributed by atoms with Gasteiger partial charge in [0.2, 0.25) is 0 Å². The topological polar surface area (TPSA) is 24.9 Å². The average molecular weight is 323 g/mol. The highest BCUT2D eigenvalue weighted by molar-refractivity contribution is 9.10. The highest BCUT2D eigenvalue weighted by atomic mass is 79.9. The summed E-state index contributed by atoms with van der Waals surface area (Å²) in [4.78, 5) is 4.25. The summed E-state index contributed by atoms with van der Waals surface area (Å²) in [6.07, 6.45) is 13.8. The zero-order valence-corrected chi connectivity index (χ0v) is 13.2. The molecule has 1 unspecified atom stereocenters. The van der Waals surface area contributed by atoms with Gasteiger partial charge in [0.05, 0.1) is 0 Å². The summed E-state index contributed by atoms with van der Waals surface area (Å²) in [6.45, 7) is 3.21. The van der Waals surface area contributed by atoms with Gasteiger partial charge < -0.3 is 5.32 Å². The Kier molecular flexibility index (Phi) is 6.05. The van der Waals surface area contributed by atoms with E-state index in [1.54, 1.807) is 5.57 Å². The first-order valence-electron chi connectivity index (χ1n) is 7.28. The quantitative estimate of drug-likeness (QED) is 0.792. The van der Waals surface area contributed by atoms with E-state index in [9.17, 15) is 0 Å². The lowest BCUT2D eigenvalue weighted by Crippen LogP contribution is -2.31. The van der Waals surface area contributed by atoms with E-state index in [1.807, 2.05) is 12.4 Å². The number of nitrogens with one attached hydrogen (secondary N) is 1. The van der Waals surface area contributed by atoms with Gasteiger partial charge in [-0.1, -0.05) is 18.6 Å². The van der Waals surface area contributed by atoms with Crippen LogP contribution < -0.4 is 5.32 Å². The van der Waals surface area contributed by atoms with Crippen LogP contribution in [0.4, 0.5) is 0 Å². The highest BCUT2D eigenvalue weighted by Crippen LogP contribution is 2.22. The standard InChI is InChI=1S/C16H23BrN2/c1-2-19-16(9-13-6-4-3-5-7-13)10-14-8-15(17)12-18-11-14/h6,8,11-12,16,19H,2-5,7,9-10H2,1H3. The normalized spacial score (nSPS) is 17.1. The molecule has 3 heteroatoms. The molecule has 0 saturated carbocycles. The van der Waals surface area contributed by atoms with Crippen LogP contribution in [0.15, 0.2) is 34.6 Å². The second-order valence-corrected chi connectivity index (χ2v) is 6.20. The highest BCUT2D eigenvalue weighted by Gasteiger charge is 2.13. The molecule has 0 amide bonds. The summed E-state index contributed by atoms with van der Waals surface area (Å²) in [5.41, 5.74) is 2.94. The molecule has 1 aliphatic rings. The number of nitrogens with zero attached hydrogens (tertiary/aromatic N) is 1. The van der Waals surface area contributed by atoms with E-state index in [0.29, 0.717) is 6.04 Å². The van der Waals surface area contributed by atoms with Gasteiger partial charge in [0.15, 0.2) is 0 Å². The van der Waals surface area contributed by atoms with E-state index in [1.165, 1.54) is 37.7 Å². The number of aromatic nitrogens is 1. The summed E-state index contributed by atoms with van der Waals surface area (Å²) < 4.78 is 1.07. The molecule has 1 aliphatic carbocycles. The average Bonchev–Trinajstić information content (AvgIpc) is 2.40. The molecule has 1 heterocycles. The Morgan fingerprint density at radius 1 is 1.32 bits per heavy atom. The Labute approximate surface area is 124 Å². The third-order valence-electron chi connectivity index (χ3n) is 3.63. The predicted octanol–water partition coefficient (Wildman–Crippen LogP) is 4.26. The maximum absolute atomic E-state index is 4.25. The van der Waals surface area contributed by atoms with Crippen molar-refractivity contribution in [3.05, 3.63) is 40.1 Å². The van der Waals surface area contributed by atoms with Crippen molar-refractivity contribution in [2.75, 3.05) is 6.54 Å². The van der Waals surface area contributed by atoms with Gasteiger partial charge in [0.1, 0.15) is 0 Å². The lowest BCUT2D eigenvalue weighted by molar-refractivity contribution is 0.503. The summed E-state index contributed by atoms with van der Waals surface area (Å²) >= 11 is 3.50. The molecule has 0 spiro atoms. The lowest BCUT2D eigenvalue weighted by Gasteiger charge is -2.21.